The molecule has 78 valence electrons. The molecule has 0 bridgehead atoms. The Kier molecular flexibility index (Phi) is 2.92. The van der Waals surface area contributed by atoms with Crippen LogP contribution in [0.3, 0.4) is 0 Å². The molecule has 1 atom stereocenters. The zero-order valence-corrected chi connectivity index (χ0v) is 9.12. The first-order valence-electron chi connectivity index (χ1n) is 5.51. The molecule has 2 heterocycles. The maximum Gasteiger partial charge on any atom is 0.0485 e. The lowest BCUT2D eigenvalue weighted by atomic mass is 10.1. The van der Waals surface area contributed by atoms with Crippen LogP contribution in [0.1, 0.15) is 36.7 Å². The molecule has 1 aromatic heterocycles. The second-order valence-electron chi connectivity index (χ2n) is 4.18. The van der Waals surface area contributed by atoms with Gasteiger partial charge in [0.25, 0.3) is 0 Å². The quantitative estimate of drug-likeness (QED) is 0.669. The van der Waals surface area contributed by atoms with Gasteiger partial charge in [-0.15, -0.1) is 0 Å². The minimum absolute atomic E-state index is 0.660. The van der Waals surface area contributed by atoms with Crippen LogP contribution in [0.4, 0.5) is 0 Å². The largest absolute Gasteiger partial charge is 0.381 e. The SMILES string of the molecule is Cc1ccc(C)n1C1CCCOCC1. The van der Waals surface area contributed by atoms with E-state index in [0.29, 0.717) is 6.04 Å². The molecule has 0 radical (unpaired) electrons. The van der Waals surface area contributed by atoms with Crippen LogP contribution in [0.2, 0.25) is 0 Å². The van der Waals surface area contributed by atoms with Gasteiger partial charge in [0.15, 0.2) is 0 Å². The molecule has 1 aromatic rings. The summed E-state index contributed by atoms with van der Waals surface area (Å²) in [6, 6.07) is 5.08. The van der Waals surface area contributed by atoms with Gasteiger partial charge in [-0.25, -0.2) is 0 Å². The normalized spacial score (nSPS) is 23.4. The van der Waals surface area contributed by atoms with Crippen molar-refractivity contribution in [3.8, 4) is 0 Å². The second-order valence-corrected chi connectivity index (χ2v) is 4.18. The van der Waals surface area contributed by atoms with Gasteiger partial charge in [-0.2, -0.15) is 0 Å². The van der Waals surface area contributed by atoms with Crippen molar-refractivity contribution in [2.24, 2.45) is 0 Å². The highest BCUT2D eigenvalue weighted by molar-refractivity contribution is 5.15. The average molecular weight is 193 g/mol. The maximum atomic E-state index is 5.49. The van der Waals surface area contributed by atoms with Gasteiger partial charge in [-0.3, -0.25) is 0 Å². The van der Waals surface area contributed by atoms with Crippen molar-refractivity contribution >= 4 is 0 Å². The van der Waals surface area contributed by atoms with Gasteiger partial charge in [-0.05, 0) is 45.2 Å². The molecule has 1 aliphatic heterocycles. The van der Waals surface area contributed by atoms with Crippen molar-refractivity contribution in [1.29, 1.82) is 0 Å². The Morgan fingerprint density at radius 1 is 1.14 bits per heavy atom. The third kappa shape index (κ3) is 1.85. The molecule has 2 nitrogen and oxygen atoms in total. The molecule has 2 rings (SSSR count). The number of rotatable bonds is 1. The summed E-state index contributed by atoms with van der Waals surface area (Å²) in [6.07, 6.45) is 3.62. The van der Waals surface area contributed by atoms with Crippen molar-refractivity contribution < 1.29 is 4.74 Å². The lowest BCUT2D eigenvalue weighted by Crippen LogP contribution is -2.12. The number of aryl methyl sites for hydroxylation is 2. The number of hydrogen-bond donors (Lipinski definition) is 0. The molecule has 2 heteroatoms. The Morgan fingerprint density at radius 2 is 1.86 bits per heavy atom. The smallest absolute Gasteiger partial charge is 0.0485 e. The van der Waals surface area contributed by atoms with Crippen LogP contribution in [-0.4, -0.2) is 17.8 Å². The standard InChI is InChI=1S/C12H19NO/c1-10-5-6-11(2)13(10)12-4-3-8-14-9-7-12/h5-6,12H,3-4,7-9H2,1-2H3. The number of nitrogens with zero attached hydrogens (tertiary/aromatic N) is 1. The Morgan fingerprint density at radius 3 is 2.57 bits per heavy atom. The zero-order valence-electron chi connectivity index (χ0n) is 9.12. The van der Waals surface area contributed by atoms with E-state index >= 15 is 0 Å². The molecule has 0 saturated carbocycles. The van der Waals surface area contributed by atoms with Crippen LogP contribution in [0.5, 0.6) is 0 Å². The Bertz CT molecular complexity index is 276. The van der Waals surface area contributed by atoms with Gasteiger partial charge in [0.2, 0.25) is 0 Å². The molecule has 1 saturated heterocycles. The van der Waals surface area contributed by atoms with E-state index in [2.05, 4.69) is 30.5 Å². The van der Waals surface area contributed by atoms with Crippen molar-refractivity contribution in [2.75, 3.05) is 13.2 Å². The van der Waals surface area contributed by atoms with Crippen molar-refractivity contribution in [3.63, 3.8) is 0 Å². The molecule has 1 fully saturated rings. The summed E-state index contributed by atoms with van der Waals surface area (Å²) in [5.41, 5.74) is 2.77. The fraction of sp³-hybridized carbons (Fsp3) is 0.667. The highest BCUT2D eigenvalue weighted by Crippen LogP contribution is 2.25. The first-order chi connectivity index (χ1) is 6.79. The zero-order chi connectivity index (χ0) is 9.97. The summed E-state index contributed by atoms with van der Waals surface area (Å²) in [5.74, 6) is 0. The molecular weight excluding hydrogens is 174 g/mol. The fourth-order valence-corrected chi connectivity index (χ4v) is 2.40. The fourth-order valence-electron chi connectivity index (χ4n) is 2.40. The van der Waals surface area contributed by atoms with Crippen LogP contribution in [0.15, 0.2) is 12.1 Å². The summed E-state index contributed by atoms with van der Waals surface area (Å²) in [6.45, 7) is 6.25. The van der Waals surface area contributed by atoms with Gasteiger partial charge >= 0.3 is 0 Å². The molecule has 0 spiro atoms. The molecule has 0 aliphatic carbocycles. The first-order valence-corrected chi connectivity index (χ1v) is 5.51. The summed E-state index contributed by atoms with van der Waals surface area (Å²) in [7, 11) is 0. The van der Waals surface area contributed by atoms with Gasteiger partial charge in [0, 0.05) is 30.6 Å². The highest BCUT2D eigenvalue weighted by Gasteiger charge is 2.16. The third-order valence-corrected chi connectivity index (χ3v) is 3.11. The van der Waals surface area contributed by atoms with E-state index in [9.17, 15) is 0 Å². The van der Waals surface area contributed by atoms with Gasteiger partial charge in [-0.1, -0.05) is 0 Å². The van der Waals surface area contributed by atoms with Crippen LogP contribution < -0.4 is 0 Å². The minimum Gasteiger partial charge on any atom is -0.381 e. The number of hydrogen-bond acceptors (Lipinski definition) is 1. The predicted molar refractivity (Wildman–Crippen MR) is 57.6 cm³/mol. The van der Waals surface area contributed by atoms with E-state index in [0.717, 1.165) is 19.6 Å². The van der Waals surface area contributed by atoms with Gasteiger partial charge in [0.1, 0.15) is 0 Å². The molecule has 0 aromatic carbocycles. The summed E-state index contributed by atoms with van der Waals surface area (Å²) >= 11 is 0. The van der Waals surface area contributed by atoms with Crippen molar-refractivity contribution in [2.45, 2.75) is 39.2 Å². The summed E-state index contributed by atoms with van der Waals surface area (Å²) < 4.78 is 7.96. The Hall–Kier alpha value is -0.760. The van der Waals surface area contributed by atoms with E-state index in [4.69, 9.17) is 4.74 Å². The van der Waals surface area contributed by atoms with E-state index in [-0.39, 0.29) is 0 Å². The first kappa shape index (κ1) is 9.78. The van der Waals surface area contributed by atoms with Crippen LogP contribution in [0.25, 0.3) is 0 Å². The molecular formula is C12H19NO. The van der Waals surface area contributed by atoms with Gasteiger partial charge < -0.3 is 9.30 Å². The van der Waals surface area contributed by atoms with Crippen LogP contribution in [-0.2, 0) is 4.74 Å². The minimum atomic E-state index is 0.660. The average Bonchev–Trinajstić information content (AvgIpc) is 2.45. The third-order valence-electron chi connectivity index (χ3n) is 3.11. The van der Waals surface area contributed by atoms with Crippen LogP contribution >= 0.6 is 0 Å². The van der Waals surface area contributed by atoms with Gasteiger partial charge in [0.05, 0.1) is 0 Å². The predicted octanol–water partition coefficient (Wildman–Crippen LogP) is 2.85. The van der Waals surface area contributed by atoms with E-state index in [1.54, 1.807) is 0 Å². The molecule has 1 unspecified atom stereocenters. The second kappa shape index (κ2) is 4.18. The number of aromatic nitrogens is 1. The lowest BCUT2D eigenvalue weighted by Gasteiger charge is -2.20. The molecule has 14 heavy (non-hydrogen) atoms. The Balaban J connectivity index is 2.19. The van der Waals surface area contributed by atoms with Crippen molar-refractivity contribution in [1.82, 2.24) is 4.57 Å². The highest BCUT2D eigenvalue weighted by atomic mass is 16.5. The monoisotopic (exact) mass is 193 g/mol. The number of ether oxygens (including phenoxy) is 1. The molecule has 0 N–H and O–H groups in total. The summed E-state index contributed by atoms with van der Waals surface area (Å²) in [4.78, 5) is 0. The van der Waals surface area contributed by atoms with E-state index in [1.165, 1.54) is 24.2 Å². The summed E-state index contributed by atoms with van der Waals surface area (Å²) in [5, 5.41) is 0. The van der Waals surface area contributed by atoms with E-state index < -0.39 is 0 Å². The van der Waals surface area contributed by atoms with E-state index in [1.807, 2.05) is 0 Å². The maximum absolute atomic E-state index is 5.49. The topological polar surface area (TPSA) is 14.2 Å². The Labute approximate surface area is 85.9 Å². The van der Waals surface area contributed by atoms with Crippen molar-refractivity contribution in [3.05, 3.63) is 23.5 Å². The van der Waals surface area contributed by atoms with Crippen LogP contribution in [0, 0.1) is 13.8 Å². The molecule has 0 amide bonds. The lowest BCUT2D eigenvalue weighted by molar-refractivity contribution is 0.141. The molecule has 1 aliphatic rings.